The van der Waals surface area contributed by atoms with Gasteiger partial charge in [-0.05, 0) is 97.8 Å². The van der Waals surface area contributed by atoms with Gasteiger partial charge in [0.25, 0.3) is 0 Å². The van der Waals surface area contributed by atoms with E-state index in [-0.39, 0.29) is 0 Å². The van der Waals surface area contributed by atoms with Crippen molar-refractivity contribution in [2.75, 3.05) is 0 Å². The normalized spacial score (nSPS) is 15.7. The van der Waals surface area contributed by atoms with Crippen molar-refractivity contribution in [1.29, 1.82) is 0 Å². The van der Waals surface area contributed by atoms with Gasteiger partial charge in [-0.2, -0.15) is 0 Å². The third-order valence-electron chi connectivity index (χ3n) is 11.8. The number of nitrogens with zero attached hydrogens (tertiary/aromatic N) is 2. The van der Waals surface area contributed by atoms with Gasteiger partial charge < -0.3 is 9.13 Å². The Morgan fingerprint density at radius 2 is 1.06 bits per heavy atom. The smallest absolute Gasteiger partial charge is 0.0567 e. The van der Waals surface area contributed by atoms with E-state index in [4.69, 9.17) is 0 Å². The maximum atomic E-state index is 2.58. The van der Waals surface area contributed by atoms with Crippen molar-refractivity contribution in [3.8, 4) is 5.69 Å². The van der Waals surface area contributed by atoms with E-state index in [0.29, 0.717) is 5.92 Å². The lowest BCUT2D eigenvalue weighted by molar-refractivity contribution is 0.569. The molecule has 2 nitrogen and oxygen atoms in total. The standard InChI is InChI=1S/C49H32N2/c1-2-12-38-36(10-1)37-11-3-4-13-39(37)44-28-34(21-22-40(38)44)51-47-19-8-6-15-42(47)45-27-31(20-23-48(45)51)32-24-30-25-33(26-32)35-16-9-17-43-41-14-5-7-18-46(41)50(29-30)49(35)43/h1-24,26-28,30H,25,29H2. The van der Waals surface area contributed by atoms with Crippen molar-refractivity contribution in [1.82, 2.24) is 9.13 Å². The predicted molar refractivity (Wildman–Crippen MR) is 217 cm³/mol. The van der Waals surface area contributed by atoms with Crippen LogP contribution in [-0.4, -0.2) is 9.13 Å². The van der Waals surface area contributed by atoms with Crippen LogP contribution in [0.2, 0.25) is 0 Å². The Morgan fingerprint density at radius 3 is 1.82 bits per heavy atom. The third kappa shape index (κ3) is 3.77. The number of hydrogen-bond donors (Lipinski definition) is 0. The van der Waals surface area contributed by atoms with Gasteiger partial charge in [0.1, 0.15) is 0 Å². The molecule has 1 aliphatic carbocycles. The van der Waals surface area contributed by atoms with Crippen LogP contribution in [0.5, 0.6) is 0 Å². The number of para-hydroxylation sites is 3. The number of hydrogen-bond acceptors (Lipinski definition) is 0. The van der Waals surface area contributed by atoms with E-state index in [1.54, 1.807) is 0 Å². The van der Waals surface area contributed by atoms with E-state index in [1.165, 1.54) is 104 Å². The Kier molecular flexibility index (Phi) is 5.43. The molecule has 51 heavy (non-hydrogen) atoms. The molecule has 2 aromatic heterocycles. The maximum absolute atomic E-state index is 2.58. The maximum Gasteiger partial charge on any atom is 0.0567 e. The molecule has 10 aromatic rings. The summed E-state index contributed by atoms with van der Waals surface area (Å²) in [5.74, 6) is 0.437. The molecule has 0 radical (unpaired) electrons. The number of allylic oxidation sites excluding steroid dienone is 4. The molecule has 0 fully saturated rings. The summed E-state index contributed by atoms with van der Waals surface area (Å²) >= 11 is 0. The zero-order valence-corrected chi connectivity index (χ0v) is 28.0. The zero-order chi connectivity index (χ0) is 33.2. The number of fused-ring (bicyclic) bond motifs is 15. The largest absolute Gasteiger partial charge is 0.339 e. The minimum Gasteiger partial charge on any atom is -0.339 e. The van der Waals surface area contributed by atoms with Crippen LogP contribution in [-0.2, 0) is 6.54 Å². The SMILES string of the molecule is C1=C(c2ccc3c(c2)c2ccccc2n3-c2ccc3c4ccccc4c4ccccc4c3c2)C=C2CC1Cn1c3ccccc3c3cccc2c31. The lowest BCUT2D eigenvalue weighted by atomic mass is 9.85. The molecule has 8 aromatic carbocycles. The van der Waals surface area contributed by atoms with Gasteiger partial charge in [0, 0.05) is 44.9 Å². The van der Waals surface area contributed by atoms with Gasteiger partial charge in [0.05, 0.1) is 16.6 Å². The summed E-state index contributed by atoms with van der Waals surface area (Å²) in [6.07, 6.45) is 6.08. The van der Waals surface area contributed by atoms with Crippen molar-refractivity contribution in [3.63, 3.8) is 0 Å². The van der Waals surface area contributed by atoms with Crippen molar-refractivity contribution in [3.05, 3.63) is 175 Å². The number of rotatable bonds is 2. The van der Waals surface area contributed by atoms with Crippen molar-refractivity contribution < 1.29 is 0 Å². The summed E-state index contributed by atoms with van der Waals surface area (Å²) in [6, 6.07) is 56.5. The van der Waals surface area contributed by atoms with Crippen molar-refractivity contribution in [2.45, 2.75) is 13.0 Å². The molecule has 2 bridgehead atoms. The summed E-state index contributed by atoms with van der Waals surface area (Å²) < 4.78 is 5.04. The fourth-order valence-electron chi connectivity index (χ4n) is 9.63. The van der Waals surface area contributed by atoms with Crippen molar-refractivity contribution >= 4 is 87.1 Å². The summed E-state index contributed by atoms with van der Waals surface area (Å²) in [7, 11) is 0. The van der Waals surface area contributed by atoms with Crippen LogP contribution < -0.4 is 0 Å². The lowest BCUT2D eigenvalue weighted by Crippen LogP contribution is -2.09. The molecular formula is C49H32N2. The van der Waals surface area contributed by atoms with Gasteiger partial charge in [0.15, 0.2) is 0 Å². The Labute approximate surface area is 294 Å². The fraction of sp³-hybridized carbons (Fsp3) is 0.0612. The monoisotopic (exact) mass is 648 g/mol. The average molecular weight is 649 g/mol. The highest BCUT2D eigenvalue weighted by Crippen LogP contribution is 2.45. The van der Waals surface area contributed by atoms with Crippen LogP contribution in [0.15, 0.2) is 164 Å². The Morgan fingerprint density at radius 1 is 0.451 bits per heavy atom. The summed E-state index contributed by atoms with van der Waals surface area (Å²) in [5, 5.41) is 13.1. The molecule has 1 aliphatic heterocycles. The van der Waals surface area contributed by atoms with E-state index < -0.39 is 0 Å². The highest BCUT2D eigenvalue weighted by molar-refractivity contribution is 6.25. The molecule has 1 atom stereocenters. The van der Waals surface area contributed by atoms with Gasteiger partial charge in [0.2, 0.25) is 0 Å². The first-order valence-corrected chi connectivity index (χ1v) is 18.1. The van der Waals surface area contributed by atoms with E-state index in [9.17, 15) is 0 Å². The molecule has 12 rings (SSSR count). The van der Waals surface area contributed by atoms with E-state index >= 15 is 0 Å². The fourth-order valence-corrected chi connectivity index (χ4v) is 9.63. The van der Waals surface area contributed by atoms with Gasteiger partial charge in [-0.1, -0.05) is 127 Å². The Bertz CT molecular complexity index is 3160. The van der Waals surface area contributed by atoms with Gasteiger partial charge >= 0.3 is 0 Å². The van der Waals surface area contributed by atoms with E-state index in [2.05, 4.69) is 173 Å². The average Bonchev–Trinajstić information content (AvgIpc) is 3.66. The van der Waals surface area contributed by atoms with Crippen LogP contribution in [0.25, 0.3) is 92.8 Å². The minimum atomic E-state index is 0.437. The molecule has 238 valence electrons. The third-order valence-corrected chi connectivity index (χ3v) is 11.8. The van der Waals surface area contributed by atoms with Crippen LogP contribution in [0.4, 0.5) is 0 Å². The summed E-state index contributed by atoms with van der Waals surface area (Å²) in [5.41, 5.74) is 11.8. The molecule has 2 heteroatoms. The second-order valence-corrected chi connectivity index (χ2v) is 14.5. The molecular weight excluding hydrogens is 617 g/mol. The lowest BCUT2D eigenvalue weighted by Gasteiger charge is -2.20. The van der Waals surface area contributed by atoms with Crippen LogP contribution >= 0.6 is 0 Å². The quantitative estimate of drug-likeness (QED) is 0.165. The topological polar surface area (TPSA) is 9.86 Å². The minimum absolute atomic E-state index is 0.437. The van der Waals surface area contributed by atoms with Gasteiger partial charge in [-0.15, -0.1) is 0 Å². The zero-order valence-electron chi connectivity index (χ0n) is 28.0. The van der Waals surface area contributed by atoms with E-state index in [1.807, 2.05) is 0 Å². The number of benzene rings is 8. The first kappa shape index (κ1) is 27.4. The Hall–Kier alpha value is -6.38. The number of aromatic nitrogens is 2. The van der Waals surface area contributed by atoms with Crippen LogP contribution in [0, 0.1) is 5.92 Å². The van der Waals surface area contributed by atoms with Crippen LogP contribution in [0.3, 0.4) is 0 Å². The first-order chi connectivity index (χ1) is 25.3. The summed E-state index contributed by atoms with van der Waals surface area (Å²) in [4.78, 5) is 0. The van der Waals surface area contributed by atoms with Crippen LogP contribution in [0.1, 0.15) is 17.5 Å². The van der Waals surface area contributed by atoms with E-state index in [0.717, 1.165) is 13.0 Å². The highest BCUT2D eigenvalue weighted by atomic mass is 15.0. The van der Waals surface area contributed by atoms with Gasteiger partial charge in [-0.3, -0.25) is 0 Å². The Balaban J connectivity index is 1.04. The highest BCUT2D eigenvalue weighted by Gasteiger charge is 2.27. The molecule has 3 heterocycles. The first-order valence-electron chi connectivity index (χ1n) is 18.1. The molecule has 1 unspecified atom stereocenters. The molecule has 0 amide bonds. The molecule has 2 aliphatic rings. The molecule has 0 saturated heterocycles. The predicted octanol–water partition coefficient (Wildman–Crippen LogP) is 12.9. The molecule has 0 spiro atoms. The second kappa shape index (κ2) is 10.1. The second-order valence-electron chi connectivity index (χ2n) is 14.5. The molecule has 0 saturated carbocycles. The van der Waals surface area contributed by atoms with Crippen molar-refractivity contribution in [2.24, 2.45) is 5.92 Å². The summed E-state index contributed by atoms with van der Waals surface area (Å²) in [6.45, 7) is 0.995. The van der Waals surface area contributed by atoms with Gasteiger partial charge in [-0.25, -0.2) is 0 Å². The molecule has 0 N–H and O–H groups in total.